The first-order valence-corrected chi connectivity index (χ1v) is 7.44. The third-order valence-corrected chi connectivity index (χ3v) is 5.25. The van der Waals surface area contributed by atoms with Crippen LogP contribution >= 0.6 is 11.6 Å². The van der Waals surface area contributed by atoms with Gasteiger partial charge in [-0.2, -0.15) is 0 Å². The molecule has 1 aromatic rings. The molecule has 0 saturated heterocycles. The van der Waals surface area contributed by atoms with Gasteiger partial charge >= 0.3 is 0 Å². The molecule has 2 rings (SSSR count). The Morgan fingerprint density at radius 3 is 2.55 bits per heavy atom. The van der Waals surface area contributed by atoms with Gasteiger partial charge in [0.1, 0.15) is 11.9 Å². The molecule has 0 amide bonds. The molecule has 1 aliphatic rings. The SMILES string of the molecule is CCC1(CC)C(Cl)CC1Oc1ccc([N+](=O)[O-])cc1C. The quantitative estimate of drug-likeness (QED) is 0.458. The maximum atomic E-state index is 10.7. The molecule has 1 aliphatic carbocycles. The van der Waals surface area contributed by atoms with Crippen LogP contribution < -0.4 is 4.74 Å². The van der Waals surface area contributed by atoms with E-state index < -0.39 is 4.92 Å². The molecule has 1 aromatic carbocycles. The zero-order chi connectivity index (χ0) is 14.9. The molecular formula is C15H20ClNO3. The van der Waals surface area contributed by atoms with Crippen LogP contribution in [0.15, 0.2) is 18.2 Å². The van der Waals surface area contributed by atoms with Gasteiger partial charge in [0.15, 0.2) is 0 Å². The number of nitro benzene ring substituents is 1. The van der Waals surface area contributed by atoms with Crippen LogP contribution in [0.4, 0.5) is 5.69 Å². The first-order chi connectivity index (χ1) is 9.44. The number of nitrogens with zero attached hydrogens (tertiary/aromatic N) is 1. The number of ether oxygens (including phenoxy) is 1. The Morgan fingerprint density at radius 2 is 2.10 bits per heavy atom. The van der Waals surface area contributed by atoms with E-state index in [0.29, 0.717) is 0 Å². The second kappa shape index (κ2) is 5.60. The Labute approximate surface area is 124 Å². The van der Waals surface area contributed by atoms with Crippen LogP contribution in [-0.4, -0.2) is 16.4 Å². The Balaban J connectivity index is 2.17. The van der Waals surface area contributed by atoms with Crippen molar-refractivity contribution in [3.8, 4) is 5.75 Å². The number of hydrogen-bond acceptors (Lipinski definition) is 3. The van der Waals surface area contributed by atoms with Crippen LogP contribution in [-0.2, 0) is 0 Å². The van der Waals surface area contributed by atoms with Gasteiger partial charge in [-0.15, -0.1) is 11.6 Å². The predicted octanol–water partition coefficient (Wildman–Crippen LogP) is 4.47. The summed E-state index contributed by atoms with van der Waals surface area (Å²) in [5, 5.41) is 10.9. The number of benzene rings is 1. The first-order valence-electron chi connectivity index (χ1n) is 7.00. The van der Waals surface area contributed by atoms with Gasteiger partial charge in [0.05, 0.1) is 4.92 Å². The highest BCUT2D eigenvalue weighted by atomic mass is 35.5. The molecule has 1 fully saturated rings. The third-order valence-electron chi connectivity index (χ3n) is 4.64. The molecule has 0 aromatic heterocycles. The Kier molecular flexibility index (Phi) is 4.23. The third kappa shape index (κ3) is 2.37. The zero-order valence-electron chi connectivity index (χ0n) is 12.1. The normalized spacial score (nSPS) is 24.0. The molecule has 0 aliphatic heterocycles. The number of rotatable bonds is 5. The van der Waals surface area contributed by atoms with Crippen molar-refractivity contribution in [2.24, 2.45) is 5.41 Å². The average Bonchev–Trinajstić information content (AvgIpc) is 2.41. The predicted molar refractivity (Wildman–Crippen MR) is 79.5 cm³/mol. The number of alkyl halides is 1. The van der Waals surface area contributed by atoms with E-state index in [-0.39, 0.29) is 22.6 Å². The Hall–Kier alpha value is -1.29. The van der Waals surface area contributed by atoms with Gasteiger partial charge in [-0.05, 0) is 31.4 Å². The lowest BCUT2D eigenvalue weighted by atomic mass is 9.62. The highest BCUT2D eigenvalue weighted by Gasteiger charge is 2.53. The van der Waals surface area contributed by atoms with E-state index >= 15 is 0 Å². The minimum Gasteiger partial charge on any atom is -0.489 e. The fraction of sp³-hybridized carbons (Fsp3) is 0.600. The summed E-state index contributed by atoms with van der Waals surface area (Å²) in [5.74, 6) is 0.718. The Morgan fingerprint density at radius 1 is 1.45 bits per heavy atom. The molecule has 0 N–H and O–H groups in total. The molecule has 0 spiro atoms. The molecule has 0 radical (unpaired) electrons. The molecule has 2 unspecified atom stereocenters. The topological polar surface area (TPSA) is 52.4 Å². The summed E-state index contributed by atoms with van der Waals surface area (Å²) in [7, 11) is 0. The summed E-state index contributed by atoms with van der Waals surface area (Å²) in [4.78, 5) is 10.3. The van der Waals surface area contributed by atoms with E-state index in [4.69, 9.17) is 16.3 Å². The fourth-order valence-corrected chi connectivity index (χ4v) is 3.66. The smallest absolute Gasteiger partial charge is 0.269 e. The van der Waals surface area contributed by atoms with Crippen LogP contribution in [0.3, 0.4) is 0 Å². The summed E-state index contributed by atoms with van der Waals surface area (Å²) in [6.07, 6.45) is 2.89. The van der Waals surface area contributed by atoms with E-state index in [9.17, 15) is 10.1 Å². The van der Waals surface area contributed by atoms with Gasteiger partial charge in [0.25, 0.3) is 5.69 Å². The molecule has 20 heavy (non-hydrogen) atoms. The van der Waals surface area contributed by atoms with Gasteiger partial charge in [-0.1, -0.05) is 13.8 Å². The van der Waals surface area contributed by atoms with Gasteiger partial charge in [-0.25, -0.2) is 0 Å². The lowest BCUT2D eigenvalue weighted by molar-refractivity contribution is -0.384. The number of halogens is 1. The van der Waals surface area contributed by atoms with Crippen molar-refractivity contribution < 1.29 is 9.66 Å². The maximum Gasteiger partial charge on any atom is 0.269 e. The Bertz CT molecular complexity index is 514. The van der Waals surface area contributed by atoms with Crippen molar-refractivity contribution >= 4 is 17.3 Å². The zero-order valence-corrected chi connectivity index (χ0v) is 12.8. The van der Waals surface area contributed by atoms with Crippen molar-refractivity contribution in [3.63, 3.8) is 0 Å². The standard InChI is InChI=1S/C15H20ClNO3/c1-4-15(5-2)13(16)9-14(15)20-12-7-6-11(17(18)19)8-10(12)3/h6-8,13-14H,4-5,9H2,1-3H3. The van der Waals surface area contributed by atoms with Crippen molar-refractivity contribution in [1.29, 1.82) is 0 Å². The van der Waals surface area contributed by atoms with E-state index in [1.54, 1.807) is 12.1 Å². The van der Waals surface area contributed by atoms with Gasteiger partial charge < -0.3 is 4.74 Å². The van der Waals surface area contributed by atoms with Gasteiger partial charge in [-0.3, -0.25) is 10.1 Å². The number of hydrogen-bond donors (Lipinski definition) is 0. The lowest BCUT2D eigenvalue weighted by Gasteiger charge is -2.52. The summed E-state index contributed by atoms with van der Waals surface area (Å²) in [6, 6.07) is 4.72. The highest BCUT2D eigenvalue weighted by molar-refractivity contribution is 6.21. The molecule has 0 bridgehead atoms. The van der Waals surface area contributed by atoms with Crippen molar-refractivity contribution in [2.45, 2.75) is 51.5 Å². The molecule has 0 heterocycles. The summed E-state index contributed by atoms with van der Waals surface area (Å²) in [5.41, 5.74) is 0.907. The number of non-ortho nitro benzene ring substituents is 1. The summed E-state index contributed by atoms with van der Waals surface area (Å²) < 4.78 is 6.08. The van der Waals surface area contributed by atoms with E-state index in [0.717, 1.165) is 30.6 Å². The van der Waals surface area contributed by atoms with E-state index in [2.05, 4.69) is 13.8 Å². The van der Waals surface area contributed by atoms with Crippen LogP contribution in [0.5, 0.6) is 5.75 Å². The van der Waals surface area contributed by atoms with Gasteiger partial charge in [0.2, 0.25) is 0 Å². The highest BCUT2D eigenvalue weighted by Crippen LogP contribution is 2.52. The lowest BCUT2D eigenvalue weighted by Crippen LogP contribution is -2.56. The maximum absolute atomic E-state index is 10.7. The first kappa shape index (κ1) is 15.1. The molecule has 5 heteroatoms. The number of aryl methyl sites for hydroxylation is 1. The molecule has 2 atom stereocenters. The monoisotopic (exact) mass is 297 g/mol. The summed E-state index contributed by atoms with van der Waals surface area (Å²) >= 11 is 6.37. The second-order valence-corrected chi connectivity index (χ2v) is 5.98. The fourth-order valence-electron chi connectivity index (χ4n) is 3.05. The summed E-state index contributed by atoms with van der Waals surface area (Å²) in [6.45, 7) is 6.10. The van der Waals surface area contributed by atoms with Crippen LogP contribution in [0.2, 0.25) is 0 Å². The number of nitro groups is 1. The molecular weight excluding hydrogens is 278 g/mol. The molecule has 1 saturated carbocycles. The minimum atomic E-state index is -0.392. The van der Waals surface area contributed by atoms with Crippen molar-refractivity contribution in [3.05, 3.63) is 33.9 Å². The molecule has 110 valence electrons. The van der Waals surface area contributed by atoms with Crippen LogP contribution in [0.25, 0.3) is 0 Å². The van der Waals surface area contributed by atoms with Crippen molar-refractivity contribution in [2.75, 3.05) is 0 Å². The van der Waals surface area contributed by atoms with Crippen LogP contribution in [0, 0.1) is 22.5 Å². The van der Waals surface area contributed by atoms with Gasteiger partial charge in [0, 0.05) is 29.3 Å². The van der Waals surface area contributed by atoms with E-state index in [1.807, 2.05) is 6.92 Å². The minimum absolute atomic E-state index is 0.0236. The van der Waals surface area contributed by atoms with E-state index in [1.165, 1.54) is 6.07 Å². The second-order valence-electron chi connectivity index (χ2n) is 5.46. The van der Waals surface area contributed by atoms with Crippen molar-refractivity contribution in [1.82, 2.24) is 0 Å². The average molecular weight is 298 g/mol. The molecule has 4 nitrogen and oxygen atoms in total. The van der Waals surface area contributed by atoms with Crippen LogP contribution in [0.1, 0.15) is 38.7 Å². The largest absolute Gasteiger partial charge is 0.489 e.